The SMILES string of the molecule is N#Cc1ccccc1COc1c(I)cc(/C=C2\C(=O)NC(=O)N(c3ccc(C45CC6CC(CC(C6)C4)C5)cc3)C2=O)cc1I. The molecule has 8 rings (SSSR count). The van der Waals surface area contributed by atoms with E-state index < -0.39 is 17.8 Å². The Bertz CT molecular complexity index is 1720. The summed E-state index contributed by atoms with van der Waals surface area (Å²) in [5.74, 6) is 1.74. The molecule has 0 aromatic heterocycles. The Hall–Kier alpha value is -3.24. The minimum absolute atomic E-state index is 0.113. The van der Waals surface area contributed by atoms with E-state index in [0.29, 0.717) is 22.6 Å². The van der Waals surface area contributed by atoms with Gasteiger partial charge in [0.2, 0.25) is 0 Å². The predicted octanol–water partition coefficient (Wildman–Crippen LogP) is 7.48. The molecule has 5 aliphatic rings. The largest absolute Gasteiger partial charge is 0.487 e. The summed E-state index contributed by atoms with van der Waals surface area (Å²) in [6.45, 7) is 0.232. The number of amides is 4. The highest BCUT2D eigenvalue weighted by Gasteiger charge is 2.51. The average Bonchev–Trinajstić information content (AvgIpc) is 2.98. The Balaban J connectivity index is 1.12. The zero-order valence-electron chi connectivity index (χ0n) is 23.8. The highest BCUT2D eigenvalue weighted by atomic mass is 127. The number of hydrogen-bond donors (Lipinski definition) is 1. The smallest absolute Gasteiger partial charge is 0.335 e. The number of anilines is 1. The number of hydrogen-bond acceptors (Lipinski definition) is 5. The van der Waals surface area contributed by atoms with Gasteiger partial charge in [0.15, 0.2) is 0 Å². The van der Waals surface area contributed by atoms with Crippen LogP contribution in [-0.4, -0.2) is 17.8 Å². The fourth-order valence-electron chi connectivity index (χ4n) is 8.19. The molecule has 4 bridgehead atoms. The van der Waals surface area contributed by atoms with E-state index in [1.165, 1.54) is 50.2 Å². The van der Waals surface area contributed by atoms with E-state index in [9.17, 15) is 19.6 Å². The first kappa shape index (κ1) is 29.5. The van der Waals surface area contributed by atoms with Gasteiger partial charge in [0.05, 0.1) is 24.5 Å². The third kappa shape index (κ3) is 5.34. The van der Waals surface area contributed by atoms with Gasteiger partial charge in [-0.25, -0.2) is 9.69 Å². The molecule has 222 valence electrons. The van der Waals surface area contributed by atoms with Crippen molar-refractivity contribution in [2.45, 2.75) is 50.5 Å². The quantitative estimate of drug-likeness (QED) is 0.158. The van der Waals surface area contributed by atoms with Gasteiger partial charge in [0.1, 0.15) is 17.9 Å². The maximum absolute atomic E-state index is 13.6. The molecule has 3 aromatic rings. The molecular formula is C35H29I2N3O4. The van der Waals surface area contributed by atoms with Crippen LogP contribution in [0, 0.1) is 36.2 Å². The van der Waals surface area contributed by atoms with Gasteiger partial charge in [-0.05, 0) is 154 Å². The van der Waals surface area contributed by atoms with Crippen LogP contribution in [0.15, 0.2) is 66.2 Å². The van der Waals surface area contributed by atoms with Crippen molar-refractivity contribution >= 4 is 74.8 Å². The molecule has 1 heterocycles. The van der Waals surface area contributed by atoms with Gasteiger partial charge < -0.3 is 4.74 Å². The summed E-state index contributed by atoms with van der Waals surface area (Å²) in [5.41, 5.74) is 3.83. The fraction of sp³-hybridized carbons (Fsp3) is 0.314. The van der Waals surface area contributed by atoms with E-state index in [1.807, 2.05) is 42.5 Å². The van der Waals surface area contributed by atoms with Crippen molar-refractivity contribution in [3.05, 3.63) is 95.6 Å². The maximum atomic E-state index is 13.6. The van der Waals surface area contributed by atoms with Crippen LogP contribution in [0.5, 0.6) is 5.75 Å². The lowest BCUT2D eigenvalue weighted by Crippen LogP contribution is -2.54. The second-order valence-corrected chi connectivity index (χ2v) is 14.9. The van der Waals surface area contributed by atoms with Crippen LogP contribution in [0.1, 0.15) is 60.8 Å². The van der Waals surface area contributed by atoms with E-state index in [-0.39, 0.29) is 17.6 Å². The molecule has 9 heteroatoms. The van der Waals surface area contributed by atoms with Crippen LogP contribution in [0.4, 0.5) is 10.5 Å². The summed E-state index contributed by atoms with van der Waals surface area (Å²) < 4.78 is 7.64. The number of nitrogens with zero attached hydrogens (tertiary/aromatic N) is 2. The van der Waals surface area contributed by atoms with Crippen LogP contribution in [0.3, 0.4) is 0 Å². The number of halogens is 2. The number of nitrogens with one attached hydrogen (secondary N) is 1. The molecule has 0 spiro atoms. The highest BCUT2D eigenvalue weighted by molar-refractivity contribution is 14.1. The van der Waals surface area contributed by atoms with Gasteiger partial charge in [-0.2, -0.15) is 5.26 Å². The zero-order valence-corrected chi connectivity index (χ0v) is 28.1. The second-order valence-electron chi connectivity index (χ2n) is 12.6. The number of urea groups is 1. The molecule has 4 aliphatic carbocycles. The minimum atomic E-state index is -0.745. The Morgan fingerprint density at radius 1 is 0.932 bits per heavy atom. The lowest BCUT2D eigenvalue weighted by molar-refractivity contribution is -0.122. The molecule has 1 aliphatic heterocycles. The van der Waals surface area contributed by atoms with Crippen LogP contribution in [-0.2, 0) is 21.6 Å². The van der Waals surface area contributed by atoms with Gasteiger partial charge in [-0.1, -0.05) is 30.3 Å². The van der Waals surface area contributed by atoms with Crippen molar-refractivity contribution in [1.29, 1.82) is 5.26 Å². The molecule has 5 fully saturated rings. The Kier molecular flexibility index (Phi) is 7.77. The lowest BCUT2D eigenvalue weighted by atomic mass is 9.48. The van der Waals surface area contributed by atoms with Crippen molar-refractivity contribution in [2.75, 3.05) is 4.90 Å². The van der Waals surface area contributed by atoms with E-state index in [1.54, 1.807) is 6.07 Å². The first-order valence-corrected chi connectivity index (χ1v) is 17.0. The molecule has 4 saturated carbocycles. The van der Waals surface area contributed by atoms with Crippen LogP contribution in [0.2, 0.25) is 0 Å². The predicted molar refractivity (Wildman–Crippen MR) is 183 cm³/mol. The van der Waals surface area contributed by atoms with Gasteiger partial charge in [0, 0.05) is 5.56 Å². The number of benzene rings is 3. The van der Waals surface area contributed by atoms with Crippen molar-refractivity contribution in [3.8, 4) is 11.8 Å². The number of carbonyl (C=O) groups excluding carboxylic acids is 3. The van der Waals surface area contributed by atoms with E-state index in [4.69, 9.17) is 4.74 Å². The summed E-state index contributed by atoms with van der Waals surface area (Å²) in [4.78, 5) is 40.5. The maximum Gasteiger partial charge on any atom is 0.335 e. The normalized spacial score (nSPS) is 26.6. The highest BCUT2D eigenvalue weighted by Crippen LogP contribution is 2.60. The number of barbiturate groups is 1. The first-order valence-electron chi connectivity index (χ1n) is 14.8. The molecule has 44 heavy (non-hydrogen) atoms. The molecule has 7 nitrogen and oxygen atoms in total. The fourth-order valence-corrected chi connectivity index (χ4v) is 10.3. The van der Waals surface area contributed by atoms with Crippen LogP contribution in [0.25, 0.3) is 6.08 Å². The van der Waals surface area contributed by atoms with Crippen molar-refractivity contribution in [3.63, 3.8) is 0 Å². The molecular weight excluding hydrogens is 780 g/mol. The standard InChI is InChI=1S/C35H29I2N3O4/c36-29-13-20(14-30(37)31(29)44-19-25-4-2-1-3-24(25)18-38)12-28-32(41)39-34(43)40(33(28)42)27-7-5-26(6-8-27)35-15-21-9-22(16-35)11-23(10-21)17-35/h1-8,12-14,21-23H,9-11,15-17,19H2,(H,39,41,43)/b28-12+. The number of imide groups is 2. The van der Waals surface area contributed by atoms with Crippen LogP contribution < -0.4 is 15.0 Å². The van der Waals surface area contributed by atoms with Gasteiger partial charge >= 0.3 is 6.03 Å². The van der Waals surface area contributed by atoms with Gasteiger partial charge in [0.25, 0.3) is 11.8 Å². The molecule has 0 atom stereocenters. The summed E-state index contributed by atoms with van der Waals surface area (Å²) in [5, 5.41) is 11.7. The number of carbonyl (C=O) groups is 3. The van der Waals surface area contributed by atoms with Gasteiger partial charge in [-0.15, -0.1) is 0 Å². The number of rotatable bonds is 6. The summed E-state index contributed by atoms with van der Waals surface area (Å²) in [6, 6.07) is 20.2. The molecule has 4 amide bonds. The average molecular weight is 809 g/mol. The minimum Gasteiger partial charge on any atom is -0.487 e. The number of ether oxygens (including phenoxy) is 1. The van der Waals surface area contributed by atoms with E-state index in [0.717, 1.165) is 35.4 Å². The monoisotopic (exact) mass is 809 g/mol. The summed E-state index contributed by atoms with van der Waals surface area (Å²) in [7, 11) is 0. The van der Waals surface area contributed by atoms with Crippen LogP contribution >= 0.6 is 45.2 Å². The zero-order chi connectivity index (χ0) is 30.6. The lowest BCUT2D eigenvalue weighted by Gasteiger charge is -2.57. The number of nitriles is 1. The van der Waals surface area contributed by atoms with E-state index in [2.05, 4.69) is 68.7 Å². The molecule has 0 radical (unpaired) electrons. The molecule has 3 aromatic carbocycles. The van der Waals surface area contributed by atoms with E-state index >= 15 is 0 Å². The Morgan fingerprint density at radius 3 is 2.16 bits per heavy atom. The Morgan fingerprint density at radius 2 is 1.55 bits per heavy atom. The topological polar surface area (TPSA) is 99.5 Å². The molecule has 0 unspecified atom stereocenters. The van der Waals surface area contributed by atoms with Crippen molar-refractivity contribution in [2.24, 2.45) is 17.8 Å². The first-order chi connectivity index (χ1) is 21.2. The third-order valence-electron chi connectivity index (χ3n) is 9.72. The van der Waals surface area contributed by atoms with Gasteiger partial charge in [-0.3, -0.25) is 14.9 Å². The third-order valence-corrected chi connectivity index (χ3v) is 11.3. The molecule has 1 N–H and O–H groups in total. The van der Waals surface area contributed by atoms with Crippen molar-refractivity contribution in [1.82, 2.24) is 5.32 Å². The summed E-state index contributed by atoms with van der Waals surface area (Å²) in [6.07, 6.45) is 9.32. The van der Waals surface area contributed by atoms with Crippen molar-refractivity contribution < 1.29 is 19.1 Å². The second kappa shape index (κ2) is 11.6. The molecule has 1 saturated heterocycles. The Labute approximate surface area is 283 Å². The summed E-state index contributed by atoms with van der Waals surface area (Å²) >= 11 is 4.31.